The topological polar surface area (TPSA) is 75.3 Å². The van der Waals surface area contributed by atoms with Gasteiger partial charge < -0.3 is 10.6 Å². The summed E-state index contributed by atoms with van der Waals surface area (Å²) < 4.78 is 0.849. The maximum Gasteiger partial charge on any atom is 0.319 e. The van der Waals surface area contributed by atoms with Crippen molar-refractivity contribution < 1.29 is 14.4 Å². The SMILES string of the molecule is CC(=O)C1=C(C)NC(=O)NC1C(=O)c1ccc(Br)cc1. The standard InChI is InChI=1S/C14H13BrN2O3/c1-7-11(8(2)18)12(17-14(20)16-7)13(19)9-3-5-10(15)6-4-9/h3-6,12H,1-2H3,(H2,16,17,20). The molecule has 1 heterocycles. The highest BCUT2D eigenvalue weighted by Crippen LogP contribution is 2.19. The molecule has 5 nitrogen and oxygen atoms in total. The molecule has 0 saturated heterocycles. The fraction of sp³-hybridized carbons (Fsp3) is 0.214. The lowest BCUT2D eigenvalue weighted by Gasteiger charge is -2.26. The molecule has 2 amide bonds. The number of rotatable bonds is 3. The van der Waals surface area contributed by atoms with E-state index in [4.69, 9.17) is 0 Å². The van der Waals surface area contributed by atoms with E-state index in [0.717, 1.165) is 4.47 Å². The van der Waals surface area contributed by atoms with Crippen LogP contribution < -0.4 is 10.6 Å². The number of hydrogen-bond donors (Lipinski definition) is 2. The molecule has 1 aromatic rings. The largest absolute Gasteiger partial charge is 0.323 e. The van der Waals surface area contributed by atoms with Crippen LogP contribution in [0.5, 0.6) is 0 Å². The van der Waals surface area contributed by atoms with Crippen molar-refractivity contribution in [1.29, 1.82) is 0 Å². The monoisotopic (exact) mass is 336 g/mol. The van der Waals surface area contributed by atoms with Gasteiger partial charge in [0.15, 0.2) is 11.6 Å². The molecule has 0 bridgehead atoms. The number of amides is 2. The van der Waals surface area contributed by atoms with Gasteiger partial charge in [0.1, 0.15) is 6.04 Å². The van der Waals surface area contributed by atoms with Crippen molar-refractivity contribution in [3.8, 4) is 0 Å². The first-order valence-electron chi connectivity index (χ1n) is 5.99. The van der Waals surface area contributed by atoms with Crippen molar-refractivity contribution in [3.05, 3.63) is 45.6 Å². The lowest BCUT2D eigenvalue weighted by Crippen LogP contribution is -2.52. The molecule has 1 atom stereocenters. The van der Waals surface area contributed by atoms with E-state index >= 15 is 0 Å². The minimum absolute atomic E-state index is 0.245. The van der Waals surface area contributed by atoms with Gasteiger partial charge in [-0.2, -0.15) is 0 Å². The Labute approximate surface area is 124 Å². The molecule has 0 spiro atoms. The highest BCUT2D eigenvalue weighted by molar-refractivity contribution is 9.10. The van der Waals surface area contributed by atoms with E-state index in [1.165, 1.54) is 6.92 Å². The third kappa shape index (κ3) is 2.80. The molecule has 6 heteroatoms. The molecule has 104 valence electrons. The molecule has 1 aromatic carbocycles. The smallest absolute Gasteiger partial charge is 0.319 e. The van der Waals surface area contributed by atoms with Gasteiger partial charge in [-0.3, -0.25) is 9.59 Å². The van der Waals surface area contributed by atoms with Gasteiger partial charge in [0, 0.05) is 21.3 Å². The van der Waals surface area contributed by atoms with E-state index in [9.17, 15) is 14.4 Å². The zero-order chi connectivity index (χ0) is 14.9. The van der Waals surface area contributed by atoms with Gasteiger partial charge in [0.05, 0.1) is 0 Å². The van der Waals surface area contributed by atoms with E-state index in [-0.39, 0.29) is 17.1 Å². The van der Waals surface area contributed by atoms with Gasteiger partial charge >= 0.3 is 6.03 Å². The molecule has 0 aromatic heterocycles. The van der Waals surface area contributed by atoms with E-state index in [1.807, 2.05) is 0 Å². The van der Waals surface area contributed by atoms with Crippen molar-refractivity contribution in [1.82, 2.24) is 10.6 Å². The number of benzene rings is 1. The number of halogens is 1. The van der Waals surface area contributed by atoms with Gasteiger partial charge in [-0.05, 0) is 26.0 Å². The first-order valence-corrected chi connectivity index (χ1v) is 6.78. The summed E-state index contributed by atoms with van der Waals surface area (Å²) in [5.74, 6) is -0.553. The Bertz CT molecular complexity index is 620. The van der Waals surface area contributed by atoms with Crippen LogP contribution in [-0.2, 0) is 4.79 Å². The van der Waals surface area contributed by atoms with Crippen LogP contribution in [0.15, 0.2) is 40.0 Å². The van der Waals surface area contributed by atoms with Gasteiger partial charge in [0.2, 0.25) is 0 Å². The van der Waals surface area contributed by atoms with Crippen LogP contribution >= 0.6 is 15.9 Å². The van der Waals surface area contributed by atoms with Gasteiger partial charge in [-0.15, -0.1) is 0 Å². The molecule has 2 rings (SSSR count). The van der Waals surface area contributed by atoms with Crippen LogP contribution in [0.1, 0.15) is 24.2 Å². The summed E-state index contributed by atoms with van der Waals surface area (Å²) in [7, 11) is 0. The number of hydrogen-bond acceptors (Lipinski definition) is 3. The lowest BCUT2D eigenvalue weighted by atomic mass is 9.92. The third-order valence-electron chi connectivity index (χ3n) is 3.04. The second kappa shape index (κ2) is 5.58. The summed E-state index contributed by atoms with van der Waals surface area (Å²) in [6, 6.07) is 5.34. The Morgan fingerprint density at radius 1 is 1.20 bits per heavy atom. The van der Waals surface area contributed by atoms with Crippen LogP contribution in [-0.4, -0.2) is 23.6 Å². The summed E-state index contributed by atoms with van der Waals surface area (Å²) >= 11 is 3.29. The molecule has 0 aliphatic carbocycles. The zero-order valence-electron chi connectivity index (χ0n) is 11.0. The molecule has 0 radical (unpaired) electrons. The summed E-state index contributed by atoms with van der Waals surface area (Å²) in [6.45, 7) is 2.98. The first-order chi connectivity index (χ1) is 9.40. The highest BCUT2D eigenvalue weighted by atomic mass is 79.9. The van der Waals surface area contributed by atoms with Crippen molar-refractivity contribution in [2.45, 2.75) is 19.9 Å². The van der Waals surface area contributed by atoms with Gasteiger partial charge in [0.25, 0.3) is 0 Å². The van der Waals surface area contributed by atoms with Crippen molar-refractivity contribution in [2.75, 3.05) is 0 Å². The third-order valence-corrected chi connectivity index (χ3v) is 3.57. The normalized spacial score (nSPS) is 18.4. The Balaban J connectivity index is 2.41. The van der Waals surface area contributed by atoms with Crippen LogP contribution in [0.4, 0.5) is 4.79 Å². The fourth-order valence-electron chi connectivity index (χ4n) is 2.14. The summed E-state index contributed by atoms with van der Waals surface area (Å²) in [5.41, 5.74) is 1.14. The molecule has 20 heavy (non-hydrogen) atoms. The number of Topliss-reactive ketones (excluding diaryl/α,β-unsaturated/α-hetero) is 2. The van der Waals surface area contributed by atoms with Crippen molar-refractivity contribution in [2.24, 2.45) is 0 Å². The second-order valence-corrected chi connectivity index (χ2v) is 5.41. The number of ketones is 2. The Morgan fingerprint density at radius 2 is 1.80 bits per heavy atom. The summed E-state index contributed by atoms with van der Waals surface area (Å²) in [6.07, 6.45) is 0. The molecule has 1 aliphatic rings. The molecular formula is C14H13BrN2O3. The minimum Gasteiger partial charge on any atom is -0.323 e. The highest BCUT2D eigenvalue weighted by Gasteiger charge is 2.33. The average molecular weight is 337 g/mol. The van der Waals surface area contributed by atoms with Crippen LogP contribution in [0.25, 0.3) is 0 Å². The van der Waals surface area contributed by atoms with Crippen molar-refractivity contribution in [3.63, 3.8) is 0 Å². The van der Waals surface area contributed by atoms with E-state index < -0.39 is 12.1 Å². The van der Waals surface area contributed by atoms with Crippen LogP contribution in [0.3, 0.4) is 0 Å². The lowest BCUT2D eigenvalue weighted by molar-refractivity contribution is -0.113. The van der Waals surface area contributed by atoms with Gasteiger partial charge in [-0.25, -0.2) is 4.79 Å². The second-order valence-electron chi connectivity index (χ2n) is 4.50. The first kappa shape index (κ1) is 14.5. The quantitative estimate of drug-likeness (QED) is 0.830. The number of allylic oxidation sites excluding steroid dienone is 1. The molecule has 0 fully saturated rings. The van der Waals surface area contributed by atoms with Gasteiger partial charge in [-0.1, -0.05) is 28.1 Å². The Kier molecular flexibility index (Phi) is 4.04. The number of carbonyl (C=O) groups excluding carboxylic acids is 3. The molecule has 0 saturated carbocycles. The predicted molar refractivity (Wildman–Crippen MR) is 77.3 cm³/mol. The maximum atomic E-state index is 12.5. The molecular weight excluding hydrogens is 324 g/mol. The summed E-state index contributed by atoms with van der Waals surface area (Å²) in [4.78, 5) is 35.7. The van der Waals surface area contributed by atoms with Crippen molar-refractivity contribution >= 4 is 33.5 Å². The number of urea groups is 1. The number of carbonyl (C=O) groups is 3. The molecule has 2 N–H and O–H groups in total. The zero-order valence-corrected chi connectivity index (χ0v) is 12.6. The van der Waals surface area contributed by atoms with Crippen LogP contribution in [0, 0.1) is 0 Å². The fourth-order valence-corrected chi connectivity index (χ4v) is 2.40. The molecule has 1 unspecified atom stereocenters. The van der Waals surface area contributed by atoms with E-state index in [1.54, 1.807) is 31.2 Å². The average Bonchev–Trinajstić information content (AvgIpc) is 2.37. The molecule has 1 aliphatic heterocycles. The minimum atomic E-state index is -0.942. The Morgan fingerprint density at radius 3 is 2.35 bits per heavy atom. The summed E-state index contributed by atoms with van der Waals surface area (Å²) in [5, 5.41) is 5.01. The maximum absolute atomic E-state index is 12.5. The Hall–Kier alpha value is -1.95. The van der Waals surface area contributed by atoms with E-state index in [0.29, 0.717) is 11.3 Å². The predicted octanol–water partition coefficient (Wildman–Crippen LogP) is 2.18. The number of nitrogens with one attached hydrogen (secondary N) is 2. The van der Waals surface area contributed by atoms with E-state index in [2.05, 4.69) is 26.6 Å². The van der Waals surface area contributed by atoms with Crippen LogP contribution in [0.2, 0.25) is 0 Å².